The van der Waals surface area contributed by atoms with Crippen molar-refractivity contribution in [2.24, 2.45) is 5.73 Å². The summed E-state index contributed by atoms with van der Waals surface area (Å²) in [6.45, 7) is 4.53. The molecule has 0 aromatic carbocycles. The van der Waals surface area contributed by atoms with Crippen molar-refractivity contribution in [3.63, 3.8) is 0 Å². The highest BCUT2D eigenvalue weighted by Crippen LogP contribution is 1.91. The van der Waals surface area contributed by atoms with Crippen LogP contribution in [0.4, 0.5) is 0 Å². The van der Waals surface area contributed by atoms with E-state index >= 15 is 0 Å². The van der Waals surface area contributed by atoms with Gasteiger partial charge in [-0.3, -0.25) is 4.79 Å². The van der Waals surface area contributed by atoms with E-state index in [1.54, 1.807) is 6.92 Å². The quantitative estimate of drug-likeness (QED) is 0.575. The highest BCUT2D eigenvalue weighted by atomic mass is 16.5. The van der Waals surface area contributed by atoms with E-state index in [2.05, 4.69) is 4.90 Å². The fourth-order valence-electron chi connectivity index (χ4n) is 1.12. The molecule has 0 rings (SSSR count). The Kier molecular flexibility index (Phi) is 7.29. The Morgan fingerprint density at radius 1 is 1.33 bits per heavy atom. The summed E-state index contributed by atoms with van der Waals surface area (Å²) in [6, 6.07) is -0.544. The van der Waals surface area contributed by atoms with Crippen LogP contribution in [0.1, 0.15) is 6.92 Å². The van der Waals surface area contributed by atoms with Crippen molar-refractivity contribution in [3.05, 3.63) is 0 Å². The van der Waals surface area contributed by atoms with Gasteiger partial charge in [-0.05, 0) is 28.1 Å². The van der Waals surface area contributed by atoms with Gasteiger partial charge in [0.25, 0.3) is 0 Å². The first-order valence-electron chi connectivity index (χ1n) is 5.22. The molecule has 1 atom stereocenters. The number of hydrogen-bond donors (Lipinski definition) is 1. The molecule has 15 heavy (non-hydrogen) atoms. The molecule has 0 heterocycles. The van der Waals surface area contributed by atoms with Crippen LogP contribution >= 0.6 is 0 Å². The summed E-state index contributed by atoms with van der Waals surface area (Å²) in [7, 11) is 5.97. The van der Waals surface area contributed by atoms with Gasteiger partial charge < -0.3 is 20.3 Å². The van der Waals surface area contributed by atoms with E-state index in [-0.39, 0.29) is 5.97 Å². The van der Waals surface area contributed by atoms with Crippen LogP contribution < -0.4 is 5.73 Å². The number of carbonyl (C=O) groups is 1. The summed E-state index contributed by atoms with van der Waals surface area (Å²) < 4.78 is 4.83. The monoisotopic (exact) mass is 217 g/mol. The highest BCUT2D eigenvalue weighted by molar-refractivity contribution is 5.75. The van der Waals surface area contributed by atoms with E-state index < -0.39 is 6.04 Å². The molecule has 5 nitrogen and oxygen atoms in total. The van der Waals surface area contributed by atoms with Gasteiger partial charge in [-0.15, -0.1) is 0 Å². The molecule has 0 spiro atoms. The number of rotatable bonds is 7. The van der Waals surface area contributed by atoms with Crippen molar-refractivity contribution in [2.45, 2.75) is 13.0 Å². The molecule has 0 aliphatic heterocycles. The van der Waals surface area contributed by atoms with Gasteiger partial charge in [-0.1, -0.05) is 0 Å². The summed E-state index contributed by atoms with van der Waals surface area (Å²) in [6.07, 6.45) is 0. The summed E-state index contributed by atoms with van der Waals surface area (Å²) in [5, 5.41) is 0. The molecule has 0 bridgehead atoms. The number of hydrogen-bond acceptors (Lipinski definition) is 5. The zero-order valence-corrected chi connectivity index (χ0v) is 10.2. The minimum Gasteiger partial charge on any atom is -0.465 e. The van der Waals surface area contributed by atoms with E-state index in [0.29, 0.717) is 13.2 Å². The van der Waals surface area contributed by atoms with E-state index in [4.69, 9.17) is 10.5 Å². The second kappa shape index (κ2) is 7.62. The van der Waals surface area contributed by atoms with Crippen molar-refractivity contribution in [1.82, 2.24) is 9.80 Å². The lowest BCUT2D eigenvalue weighted by molar-refractivity contribution is -0.145. The van der Waals surface area contributed by atoms with Crippen molar-refractivity contribution in [1.29, 1.82) is 0 Å². The number of esters is 1. The van der Waals surface area contributed by atoms with Gasteiger partial charge in [0.1, 0.15) is 6.04 Å². The van der Waals surface area contributed by atoms with Crippen LogP contribution in [0.2, 0.25) is 0 Å². The zero-order chi connectivity index (χ0) is 11.8. The molecule has 0 aliphatic carbocycles. The third kappa shape index (κ3) is 7.30. The zero-order valence-electron chi connectivity index (χ0n) is 10.2. The van der Waals surface area contributed by atoms with Crippen molar-refractivity contribution in [3.8, 4) is 0 Å². The molecule has 0 amide bonds. The minimum atomic E-state index is -0.544. The highest BCUT2D eigenvalue weighted by Gasteiger charge is 2.16. The van der Waals surface area contributed by atoms with Crippen LogP contribution in [0.25, 0.3) is 0 Å². The largest absolute Gasteiger partial charge is 0.465 e. The molecule has 0 aromatic rings. The molecule has 2 N–H and O–H groups in total. The number of nitrogens with two attached hydrogens (primary N) is 1. The van der Waals surface area contributed by atoms with Crippen LogP contribution in [0.15, 0.2) is 0 Å². The first-order chi connectivity index (χ1) is 6.97. The van der Waals surface area contributed by atoms with E-state index in [0.717, 1.165) is 13.1 Å². The fourth-order valence-corrected chi connectivity index (χ4v) is 1.12. The maximum atomic E-state index is 11.2. The lowest BCUT2D eigenvalue weighted by atomic mass is 10.3. The molecule has 0 aliphatic rings. The molecule has 1 unspecified atom stereocenters. The third-order valence-electron chi connectivity index (χ3n) is 2.03. The Labute approximate surface area is 92.2 Å². The smallest absolute Gasteiger partial charge is 0.324 e. The SMILES string of the molecule is CCOC(=O)C(N)CN(C)CCN(C)C. The number of ether oxygens (including phenoxy) is 1. The van der Waals surface area contributed by atoms with Crippen molar-refractivity contribution < 1.29 is 9.53 Å². The summed E-state index contributed by atoms with van der Waals surface area (Å²) in [4.78, 5) is 15.4. The number of likely N-dealkylation sites (N-methyl/N-ethyl adjacent to an activating group) is 2. The first kappa shape index (κ1) is 14.3. The third-order valence-corrected chi connectivity index (χ3v) is 2.03. The van der Waals surface area contributed by atoms with Crippen LogP contribution in [-0.2, 0) is 9.53 Å². The predicted octanol–water partition coefficient (Wildman–Crippen LogP) is -0.630. The van der Waals surface area contributed by atoms with E-state index in [1.165, 1.54) is 0 Å². The van der Waals surface area contributed by atoms with Gasteiger partial charge in [0.05, 0.1) is 6.61 Å². The van der Waals surface area contributed by atoms with Crippen LogP contribution in [0.3, 0.4) is 0 Å². The van der Waals surface area contributed by atoms with Crippen molar-refractivity contribution >= 4 is 5.97 Å². The average molecular weight is 217 g/mol. The Hall–Kier alpha value is -0.650. The Balaban J connectivity index is 3.74. The Morgan fingerprint density at radius 3 is 2.40 bits per heavy atom. The summed E-state index contributed by atoms with van der Waals surface area (Å²) in [5.41, 5.74) is 5.68. The van der Waals surface area contributed by atoms with E-state index in [9.17, 15) is 4.79 Å². The lowest BCUT2D eigenvalue weighted by Gasteiger charge is -2.21. The predicted molar refractivity (Wildman–Crippen MR) is 60.7 cm³/mol. The molecule has 0 fully saturated rings. The molecule has 0 radical (unpaired) electrons. The molecule has 0 saturated carbocycles. The van der Waals surface area contributed by atoms with Gasteiger partial charge in [-0.25, -0.2) is 0 Å². The van der Waals surface area contributed by atoms with E-state index in [1.807, 2.05) is 26.0 Å². The maximum Gasteiger partial charge on any atom is 0.324 e. The summed E-state index contributed by atoms with van der Waals surface area (Å²) in [5.74, 6) is -0.325. The van der Waals surface area contributed by atoms with Gasteiger partial charge in [0.2, 0.25) is 0 Å². The molecular formula is C10H23N3O2. The van der Waals surface area contributed by atoms with Gasteiger partial charge >= 0.3 is 5.97 Å². The average Bonchev–Trinajstić information content (AvgIpc) is 2.15. The first-order valence-corrected chi connectivity index (χ1v) is 5.22. The standard InChI is InChI=1S/C10H23N3O2/c1-5-15-10(14)9(11)8-13(4)7-6-12(2)3/h9H,5-8,11H2,1-4H3. The normalized spacial score (nSPS) is 13.3. The Morgan fingerprint density at radius 2 is 1.93 bits per heavy atom. The molecule has 5 heteroatoms. The van der Waals surface area contributed by atoms with Crippen LogP contribution in [-0.4, -0.2) is 69.2 Å². The van der Waals surface area contributed by atoms with Crippen LogP contribution in [0.5, 0.6) is 0 Å². The Bertz CT molecular complexity index is 186. The summed E-state index contributed by atoms with van der Waals surface area (Å²) >= 11 is 0. The second-order valence-corrected chi connectivity index (χ2v) is 3.92. The molecule has 0 aromatic heterocycles. The lowest BCUT2D eigenvalue weighted by Crippen LogP contribution is -2.43. The maximum absolute atomic E-state index is 11.2. The van der Waals surface area contributed by atoms with Gasteiger partial charge in [-0.2, -0.15) is 0 Å². The topological polar surface area (TPSA) is 58.8 Å². The number of carbonyl (C=O) groups excluding carboxylic acids is 1. The van der Waals surface area contributed by atoms with Crippen LogP contribution in [0, 0.1) is 0 Å². The molecular weight excluding hydrogens is 194 g/mol. The second-order valence-electron chi connectivity index (χ2n) is 3.92. The minimum absolute atomic E-state index is 0.325. The molecule has 90 valence electrons. The fraction of sp³-hybridized carbons (Fsp3) is 0.900. The van der Waals surface area contributed by atoms with Crippen molar-refractivity contribution in [2.75, 3.05) is 47.4 Å². The number of nitrogens with zero attached hydrogens (tertiary/aromatic N) is 2. The van der Waals surface area contributed by atoms with Gasteiger partial charge in [0.15, 0.2) is 0 Å². The molecule has 0 saturated heterocycles. The van der Waals surface area contributed by atoms with Gasteiger partial charge in [0, 0.05) is 19.6 Å².